The predicted octanol–water partition coefficient (Wildman–Crippen LogP) is 1.72. The summed E-state index contributed by atoms with van der Waals surface area (Å²) in [7, 11) is 0. The van der Waals surface area contributed by atoms with Crippen molar-refractivity contribution in [2.75, 3.05) is 0 Å². The van der Waals surface area contributed by atoms with Gasteiger partial charge in [-0.25, -0.2) is 9.59 Å². The number of benzene rings is 2. The molecule has 0 radical (unpaired) electrons. The van der Waals surface area contributed by atoms with E-state index in [1.54, 1.807) is 0 Å². The van der Waals surface area contributed by atoms with Gasteiger partial charge in [-0.15, -0.1) is 0 Å². The third-order valence-corrected chi connectivity index (χ3v) is 3.76. The average Bonchev–Trinajstić information content (AvgIpc) is 3.05. The predicted molar refractivity (Wildman–Crippen MR) is 91.0 cm³/mol. The molecule has 0 spiro atoms. The minimum absolute atomic E-state index is 0.447. The Bertz CT molecular complexity index is 750. The molecule has 0 aliphatic heterocycles. The lowest BCUT2D eigenvalue weighted by atomic mass is 9.93. The molecule has 3 unspecified atom stereocenters. The van der Waals surface area contributed by atoms with E-state index < -0.39 is 24.1 Å². The number of aliphatic carboxylic acids is 2. The van der Waals surface area contributed by atoms with Crippen LogP contribution >= 0.6 is 0 Å². The molecular formula is C19H18O6. The number of carboxylic acid groups (broad SMARTS) is 2. The Hall–Kier alpha value is -2.96. The molecule has 25 heavy (non-hydrogen) atoms. The van der Waals surface area contributed by atoms with Crippen molar-refractivity contribution in [2.45, 2.75) is 18.1 Å². The van der Waals surface area contributed by atoms with Gasteiger partial charge in [0, 0.05) is 5.92 Å². The van der Waals surface area contributed by atoms with E-state index in [2.05, 4.69) is 66.7 Å². The first-order valence-electron chi connectivity index (χ1n) is 7.55. The summed E-state index contributed by atoms with van der Waals surface area (Å²) in [6.07, 6.45) is -0.0394. The van der Waals surface area contributed by atoms with Gasteiger partial charge < -0.3 is 20.4 Å². The second-order valence-corrected chi connectivity index (χ2v) is 5.44. The maximum Gasteiger partial charge on any atom is 0.335 e. The number of rotatable bonds is 4. The van der Waals surface area contributed by atoms with Gasteiger partial charge in [-0.05, 0) is 16.7 Å². The van der Waals surface area contributed by atoms with Crippen molar-refractivity contribution in [1.29, 1.82) is 0 Å². The first-order valence-corrected chi connectivity index (χ1v) is 7.55. The molecule has 0 aromatic heterocycles. The van der Waals surface area contributed by atoms with E-state index in [1.807, 2.05) is 0 Å². The molecule has 0 heterocycles. The fraction of sp³-hybridized carbons (Fsp3) is 0.158. The maximum absolute atomic E-state index is 9.77. The minimum atomic E-state index is -2.27. The fourth-order valence-corrected chi connectivity index (χ4v) is 2.47. The molecule has 0 fully saturated rings. The molecule has 3 atom stereocenters. The monoisotopic (exact) mass is 342 g/mol. The molecule has 0 saturated heterocycles. The Morgan fingerprint density at radius 3 is 1.88 bits per heavy atom. The molecule has 2 aromatic carbocycles. The third-order valence-electron chi connectivity index (χ3n) is 3.76. The number of carboxylic acids is 2. The lowest BCUT2D eigenvalue weighted by Crippen LogP contribution is -2.39. The first kappa shape index (κ1) is 18.4. The Labute approximate surface area is 144 Å². The number of aliphatic hydroxyl groups is 2. The van der Waals surface area contributed by atoms with Crippen molar-refractivity contribution in [1.82, 2.24) is 0 Å². The van der Waals surface area contributed by atoms with Gasteiger partial charge in [-0.3, -0.25) is 0 Å². The lowest BCUT2D eigenvalue weighted by molar-refractivity contribution is -0.165. The van der Waals surface area contributed by atoms with Crippen LogP contribution in [-0.2, 0) is 9.59 Å². The quantitative estimate of drug-likeness (QED) is 0.672. The van der Waals surface area contributed by atoms with Crippen LogP contribution in [0.2, 0.25) is 0 Å². The van der Waals surface area contributed by atoms with Gasteiger partial charge in [0.15, 0.2) is 12.2 Å². The number of carbonyl (C=O) groups is 2. The van der Waals surface area contributed by atoms with Crippen LogP contribution in [-0.4, -0.2) is 44.6 Å². The van der Waals surface area contributed by atoms with E-state index in [0.29, 0.717) is 5.92 Å². The molecule has 4 N–H and O–H groups in total. The highest BCUT2D eigenvalue weighted by Crippen LogP contribution is 2.34. The molecule has 0 saturated carbocycles. The van der Waals surface area contributed by atoms with Gasteiger partial charge in [0.25, 0.3) is 0 Å². The van der Waals surface area contributed by atoms with Crippen molar-refractivity contribution in [3.63, 3.8) is 0 Å². The summed E-state index contributed by atoms with van der Waals surface area (Å²) in [5.74, 6) is -3.09. The highest BCUT2D eigenvalue weighted by atomic mass is 16.4. The molecule has 2 aromatic rings. The highest BCUT2D eigenvalue weighted by molar-refractivity contribution is 5.83. The Morgan fingerprint density at radius 1 is 0.800 bits per heavy atom. The third kappa shape index (κ3) is 4.53. The van der Waals surface area contributed by atoms with Crippen LogP contribution in [0.5, 0.6) is 0 Å². The highest BCUT2D eigenvalue weighted by Gasteiger charge is 2.29. The van der Waals surface area contributed by atoms with E-state index in [0.717, 1.165) is 0 Å². The summed E-state index contributed by atoms with van der Waals surface area (Å²) in [6.45, 7) is 0. The van der Waals surface area contributed by atoms with Gasteiger partial charge in [-0.2, -0.15) is 0 Å². The van der Waals surface area contributed by atoms with Crippen LogP contribution in [0.15, 0.2) is 60.7 Å². The van der Waals surface area contributed by atoms with Crippen LogP contribution in [0.25, 0.3) is 6.08 Å². The smallest absolute Gasteiger partial charge is 0.335 e. The van der Waals surface area contributed by atoms with Crippen LogP contribution < -0.4 is 0 Å². The molecule has 1 aliphatic carbocycles. The van der Waals surface area contributed by atoms with Gasteiger partial charge in [0.1, 0.15) is 0 Å². The van der Waals surface area contributed by atoms with Crippen molar-refractivity contribution in [3.8, 4) is 0 Å². The molecular weight excluding hydrogens is 324 g/mol. The Morgan fingerprint density at radius 2 is 1.32 bits per heavy atom. The van der Waals surface area contributed by atoms with E-state index in [4.69, 9.17) is 20.4 Å². The van der Waals surface area contributed by atoms with Crippen LogP contribution in [0.4, 0.5) is 0 Å². The second-order valence-electron chi connectivity index (χ2n) is 5.44. The lowest BCUT2D eigenvalue weighted by Gasteiger charge is -2.10. The largest absolute Gasteiger partial charge is 0.479 e. The van der Waals surface area contributed by atoms with Gasteiger partial charge in [0.2, 0.25) is 0 Å². The van der Waals surface area contributed by atoms with E-state index in [9.17, 15) is 9.59 Å². The Kier molecular flexibility index (Phi) is 6.05. The molecule has 0 amide bonds. The SMILES string of the molecule is C1=CC(c2ccccc2)c2ccccc21.O=C(O)C(O)C(O)C(=O)O. The summed E-state index contributed by atoms with van der Waals surface area (Å²) < 4.78 is 0. The van der Waals surface area contributed by atoms with Crippen LogP contribution in [0, 0.1) is 0 Å². The number of fused-ring (bicyclic) bond motifs is 1. The summed E-state index contributed by atoms with van der Waals surface area (Å²) in [5, 5.41) is 32.5. The van der Waals surface area contributed by atoms with E-state index in [1.165, 1.54) is 16.7 Å². The minimum Gasteiger partial charge on any atom is -0.479 e. The number of allylic oxidation sites excluding steroid dienone is 1. The number of hydrogen-bond acceptors (Lipinski definition) is 4. The summed E-state index contributed by atoms with van der Waals surface area (Å²) >= 11 is 0. The van der Waals surface area contributed by atoms with E-state index >= 15 is 0 Å². The van der Waals surface area contributed by atoms with Crippen molar-refractivity contribution >= 4 is 18.0 Å². The second kappa shape index (κ2) is 8.23. The molecule has 0 bridgehead atoms. The zero-order valence-corrected chi connectivity index (χ0v) is 13.2. The number of aliphatic hydroxyl groups excluding tert-OH is 2. The zero-order valence-electron chi connectivity index (χ0n) is 13.2. The topological polar surface area (TPSA) is 115 Å². The summed E-state index contributed by atoms with van der Waals surface area (Å²) in [6, 6.07) is 19.2. The summed E-state index contributed by atoms with van der Waals surface area (Å²) in [5.41, 5.74) is 4.15. The standard InChI is InChI=1S/C15H12.C4H6O6/c1-2-6-12(7-3-1)15-11-10-13-8-4-5-9-14(13)15;5-1(3(7)8)2(6)4(9)10/h1-11,15H;1-2,5-6H,(H,7,8)(H,9,10). The van der Waals surface area contributed by atoms with E-state index in [-0.39, 0.29) is 0 Å². The Balaban J connectivity index is 0.000000199. The van der Waals surface area contributed by atoms with Crippen molar-refractivity contribution in [3.05, 3.63) is 77.4 Å². The van der Waals surface area contributed by atoms with Crippen molar-refractivity contribution in [2.24, 2.45) is 0 Å². The molecule has 130 valence electrons. The number of hydrogen-bond donors (Lipinski definition) is 4. The van der Waals surface area contributed by atoms with Gasteiger partial charge in [-0.1, -0.05) is 66.7 Å². The summed E-state index contributed by atoms with van der Waals surface area (Å²) in [4.78, 5) is 19.5. The van der Waals surface area contributed by atoms with Crippen LogP contribution in [0.3, 0.4) is 0 Å². The average molecular weight is 342 g/mol. The first-order chi connectivity index (χ1) is 11.9. The fourth-order valence-electron chi connectivity index (χ4n) is 2.47. The maximum atomic E-state index is 9.77. The normalized spacial score (nSPS) is 17.0. The van der Waals surface area contributed by atoms with Crippen LogP contribution in [0.1, 0.15) is 22.6 Å². The van der Waals surface area contributed by atoms with Crippen molar-refractivity contribution < 1.29 is 30.0 Å². The molecule has 6 heteroatoms. The molecule has 6 nitrogen and oxygen atoms in total. The van der Waals surface area contributed by atoms with Gasteiger partial charge >= 0.3 is 11.9 Å². The molecule has 1 aliphatic rings. The molecule has 3 rings (SSSR count). The van der Waals surface area contributed by atoms with Gasteiger partial charge in [0.05, 0.1) is 0 Å². The zero-order chi connectivity index (χ0) is 18.4.